The van der Waals surface area contributed by atoms with Gasteiger partial charge in [0.05, 0.1) is 7.11 Å². The lowest BCUT2D eigenvalue weighted by Gasteiger charge is -2.10. The van der Waals surface area contributed by atoms with Gasteiger partial charge in [0.25, 0.3) is 0 Å². The van der Waals surface area contributed by atoms with Crippen molar-refractivity contribution in [2.24, 2.45) is 0 Å². The Morgan fingerprint density at radius 2 is 1.75 bits per heavy atom. The van der Waals surface area contributed by atoms with Gasteiger partial charge < -0.3 is 9.84 Å². The maximum atomic E-state index is 9.98. The van der Waals surface area contributed by atoms with Crippen molar-refractivity contribution >= 4 is 0 Å². The third kappa shape index (κ3) is 1.87. The number of rotatable bonds is 2. The molecule has 0 heterocycles. The molecule has 2 aromatic rings. The highest BCUT2D eigenvalue weighted by Gasteiger charge is 2.09. The SMILES string of the molecule is COc1cc(C)c(-c2ccccc2)c(O)c1. The molecule has 0 saturated heterocycles. The molecule has 0 aliphatic rings. The van der Waals surface area contributed by atoms with Crippen molar-refractivity contribution in [1.82, 2.24) is 0 Å². The fourth-order valence-electron chi connectivity index (χ4n) is 1.83. The number of aryl methyl sites for hydroxylation is 1. The van der Waals surface area contributed by atoms with Crippen LogP contribution in [0.4, 0.5) is 0 Å². The number of phenolic OH excluding ortho intramolecular Hbond substituents is 1. The summed E-state index contributed by atoms with van der Waals surface area (Å²) in [6.07, 6.45) is 0. The van der Waals surface area contributed by atoms with Crippen LogP contribution in [0, 0.1) is 6.92 Å². The largest absolute Gasteiger partial charge is 0.507 e. The van der Waals surface area contributed by atoms with Crippen molar-refractivity contribution in [3.8, 4) is 22.6 Å². The Bertz CT molecular complexity index is 466. The van der Waals surface area contributed by atoms with E-state index < -0.39 is 0 Å². The summed E-state index contributed by atoms with van der Waals surface area (Å²) in [5, 5.41) is 9.98. The van der Waals surface area contributed by atoms with Gasteiger partial charge in [-0.25, -0.2) is 0 Å². The van der Waals surface area contributed by atoms with Crippen LogP contribution in [0.3, 0.4) is 0 Å². The smallest absolute Gasteiger partial charge is 0.127 e. The topological polar surface area (TPSA) is 29.5 Å². The van der Waals surface area contributed by atoms with Crippen LogP contribution in [0.15, 0.2) is 42.5 Å². The Kier molecular flexibility index (Phi) is 2.82. The van der Waals surface area contributed by atoms with Gasteiger partial charge in [0, 0.05) is 11.6 Å². The zero-order valence-electron chi connectivity index (χ0n) is 9.40. The predicted molar refractivity (Wildman–Crippen MR) is 64.8 cm³/mol. The predicted octanol–water partition coefficient (Wildman–Crippen LogP) is 3.38. The third-order valence-electron chi connectivity index (χ3n) is 2.59. The van der Waals surface area contributed by atoms with Gasteiger partial charge in [-0.05, 0) is 24.1 Å². The number of phenols is 1. The minimum absolute atomic E-state index is 0.253. The van der Waals surface area contributed by atoms with E-state index >= 15 is 0 Å². The van der Waals surface area contributed by atoms with Crippen molar-refractivity contribution < 1.29 is 9.84 Å². The van der Waals surface area contributed by atoms with E-state index in [1.54, 1.807) is 13.2 Å². The molecule has 0 aliphatic carbocycles. The van der Waals surface area contributed by atoms with Crippen LogP contribution in [0.5, 0.6) is 11.5 Å². The second-order valence-electron chi connectivity index (χ2n) is 3.70. The second kappa shape index (κ2) is 4.27. The van der Waals surface area contributed by atoms with Crippen LogP contribution in [0.2, 0.25) is 0 Å². The molecule has 0 aromatic heterocycles. The Labute approximate surface area is 95.1 Å². The fourth-order valence-corrected chi connectivity index (χ4v) is 1.83. The number of ether oxygens (including phenoxy) is 1. The molecule has 16 heavy (non-hydrogen) atoms. The highest BCUT2D eigenvalue weighted by atomic mass is 16.5. The lowest BCUT2D eigenvalue weighted by atomic mass is 9.99. The molecule has 82 valence electrons. The summed E-state index contributed by atoms with van der Waals surface area (Å²) in [4.78, 5) is 0. The Morgan fingerprint density at radius 3 is 2.31 bits per heavy atom. The van der Waals surface area contributed by atoms with Crippen molar-refractivity contribution in [1.29, 1.82) is 0 Å². The molecule has 0 bridgehead atoms. The van der Waals surface area contributed by atoms with E-state index in [9.17, 15) is 5.11 Å². The summed E-state index contributed by atoms with van der Waals surface area (Å²) < 4.78 is 5.11. The number of aromatic hydroxyl groups is 1. The molecule has 0 spiro atoms. The van der Waals surface area contributed by atoms with E-state index in [4.69, 9.17) is 4.74 Å². The van der Waals surface area contributed by atoms with Gasteiger partial charge >= 0.3 is 0 Å². The maximum Gasteiger partial charge on any atom is 0.127 e. The number of hydrogen-bond donors (Lipinski definition) is 1. The van der Waals surface area contributed by atoms with E-state index in [0.29, 0.717) is 5.75 Å². The van der Waals surface area contributed by atoms with Gasteiger partial charge in [-0.15, -0.1) is 0 Å². The van der Waals surface area contributed by atoms with Crippen LogP contribution in [0.1, 0.15) is 5.56 Å². The first-order valence-electron chi connectivity index (χ1n) is 5.15. The van der Waals surface area contributed by atoms with Crippen molar-refractivity contribution in [3.63, 3.8) is 0 Å². The third-order valence-corrected chi connectivity index (χ3v) is 2.59. The van der Waals surface area contributed by atoms with Crippen LogP contribution >= 0.6 is 0 Å². The van der Waals surface area contributed by atoms with Gasteiger partial charge in [0.1, 0.15) is 11.5 Å². The summed E-state index contributed by atoms with van der Waals surface area (Å²) in [5.74, 6) is 0.928. The minimum Gasteiger partial charge on any atom is -0.507 e. The van der Waals surface area contributed by atoms with Crippen LogP contribution in [-0.2, 0) is 0 Å². The summed E-state index contributed by atoms with van der Waals surface area (Å²) in [6, 6.07) is 13.4. The molecule has 1 N–H and O–H groups in total. The number of methoxy groups -OCH3 is 1. The fraction of sp³-hybridized carbons (Fsp3) is 0.143. The first-order valence-corrected chi connectivity index (χ1v) is 5.15. The molecule has 0 radical (unpaired) electrons. The molecule has 2 nitrogen and oxygen atoms in total. The van der Waals surface area contributed by atoms with Crippen LogP contribution in [-0.4, -0.2) is 12.2 Å². The number of hydrogen-bond acceptors (Lipinski definition) is 2. The molecule has 2 heteroatoms. The van der Waals surface area contributed by atoms with Gasteiger partial charge in [-0.3, -0.25) is 0 Å². The highest BCUT2D eigenvalue weighted by Crippen LogP contribution is 2.35. The summed E-state index contributed by atoms with van der Waals surface area (Å²) in [6.45, 7) is 1.96. The van der Waals surface area contributed by atoms with Gasteiger partial charge in [0.2, 0.25) is 0 Å². The zero-order chi connectivity index (χ0) is 11.5. The van der Waals surface area contributed by atoms with E-state index in [0.717, 1.165) is 16.7 Å². The second-order valence-corrected chi connectivity index (χ2v) is 3.70. The number of benzene rings is 2. The van der Waals surface area contributed by atoms with Crippen molar-refractivity contribution in [2.45, 2.75) is 6.92 Å². The molecule has 0 amide bonds. The monoisotopic (exact) mass is 214 g/mol. The molecule has 0 aliphatic heterocycles. The summed E-state index contributed by atoms with van der Waals surface area (Å²) in [7, 11) is 1.59. The molecular formula is C14H14O2. The van der Waals surface area contributed by atoms with E-state index in [2.05, 4.69) is 0 Å². The van der Waals surface area contributed by atoms with E-state index in [1.807, 2.05) is 43.3 Å². The van der Waals surface area contributed by atoms with Crippen LogP contribution in [0.25, 0.3) is 11.1 Å². The molecule has 0 saturated carbocycles. The summed E-state index contributed by atoms with van der Waals surface area (Å²) >= 11 is 0. The van der Waals surface area contributed by atoms with E-state index in [-0.39, 0.29) is 5.75 Å². The Morgan fingerprint density at radius 1 is 1.06 bits per heavy atom. The lowest BCUT2D eigenvalue weighted by Crippen LogP contribution is -1.88. The minimum atomic E-state index is 0.253. The quantitative estimate of drug-likeness (QED) is 0.830. The standard InChI is InChI=1S/C14H14O2/c1-10-8-12(16-2)9-13(15)14(10)11-6-4-3-5-7-11/h3-9,15H,1-2H3. The van der Waals surface area contributed by atoms with Gasteiger partial charge in [-0.2, -0.15) is 0 Å². The van der Waals surface area contributed by atoms with Crippen molar-refractivity contribution in [2.75, 3.05) is 7.11 Å². The summed E-state index contributed by atoms with van der Waals surface area (Å²) in [5.41, 5.74) is 2.88. The van der Waals surface area contributed by atoms with Crippen molar-refractivity contribution in [3.05, 3.63) is 48.0 Å². The first-order chi connectivity index (χ1) is 7.72. The lowest BCUT2D eigenvalue weighted by molar-refractivity contribution is 0.407. The molecule has 0 fully saturated rings. The highest BCUT2D eigenvalue weighted by molar-refractivity contribution is 5.74. The van der Waals surface area contributed by atoms with Gasteiger partial charge in [-0.1, -0.05) is 30.3 Å². The Balaban J connectivity index is 2.58. The Hall–Kier alpha value is -1.96. The zero-order valence-corrected chi connectivity index (χ0v) is 9.40. The molecule has 0 atom stereocenters. The maximum absolute atomic E-state index is 9.98. The first kappa shape index (κ1) is 10.6. The molecular weight excluding hydrogens is 200 g/mol. The molecule has 2 rings (SSSR count). The van der Waals surface area contributed by atoms with Crippen LogP contribution < -0.4 is 4.74 Å². The average molecular weight is 214 g/mol. The molecule has 2 aromatic carbocycles. The molecule has 0 unspecified atom stereocenters. The normalized spacial score (nSPS) is 10.1. The van der Waals surface area contributed by atoms with E-state index in [1.165, 1.54) is 0 Å². The average Bonchev–Trinajstić information content (AvgIpc) is 2.29. The van der Waals surface area contributed by atoms with Gasteiger partial charge in [0.15, 0.2) is 0 Å².